The molecule has 0 saturated heterocycles. The predicted octanol–water partition coefficient (Wildman–Crippen LogP) is 3.87. The molecule has 0 aromatic heterocycles. The molecule has 0 fully saturated rings. The van der Waals surface area contributed by atoms with Crippen molar-refractivity contribution < 1.29 is 4.79 Å². The molecule has 0 bridgehead atoms. The Morgan fingerprint density at radius 2 is 1.89 bits per heavy atom. The van der Waals surface area contributed by atoms with E-state index in [1.807, 2.05) is 12.1 Å². The summed E-state index contributed by atoms with van der Waals surface area (Å²) in [7, 11) is 0. The largest absolute Gasteiger partial charge is 0.399 e. The van der Waals surface area contributed by atoms with Crippen molar-refractivity contribution in [3.63, 3.8) is 0 Å². The molecule has 1 amide bonds. The van der Waals surface area contributed by atoms with Crippen molar-refractivity contribution in [2.24, 2.45) is 0 Å². The third kappa shape index (κ3) is 3.98. The first-order valence-electron chi connectivity index (χ1n) is 5.64. The summed E-state index contributed by atoms with van der Waals surface area (Å²) >= 11 is 9.26. The van der Waals surface area contributed by atoms with Gasteiger partial charge in [-0.2, -0.15) is 0 Å². The minimum atomic E-state index is -0.0943. The monoisotopic (exact) mass is 338 g/mol. The van der Waals surface area contributed by atoms with E-state index in [0.717, 1.165) is 10.0 Å². The van der Waals surface area contributed by atoms with Gasteiger partial charge in [0.2, 0.25) is 5.91 Å². The number of carbonyl (C=O) groups is 1. The lowest BCUT2D eigenvalue weighted by molar-refractivity contribution is -0.115. The number of nitrogen functional groups attached to an aromatic ring is 1. The third-order valence-electron chi connectivity index (χ3n) is 2.55. The SMILES string of the molecule is Nc1ccc(CC(=O)Nc2ccc(Br)c(Cl)c2)cc1. The van der Waals surface area contributed by atoms with E-state index in [-0.39, 0.29) is 5.91 Å². The fraction of sp³-hybridized carbons (Fsp3) is 0.0714. The quantitative estimate of drug-likeness (QED) is 0.834. The van der Waals surface area contributed by atoms with E-state index >= 15 is 0 Å². The molecule has 3 nitrogen and oxygen atoms in total. The molecule has 19 heavy (non-hydrogen) atoms. The van der Waals surface area contributed by atoms with E-state index in [1.165, 1.54) is 0 Å². The first kappa shape index (κ1) is 13.9. The number of nitrogens with two attached hydrogens (primary N) is 1. The average Bonchev–Trinajstić information content (AvgIpc) is 2.37. The van der Waals surface area contributed by atoms with E-state index in [4.69, 9.17) is 17.3 Å². The second-order valence-electron chi connectivity index (χ2n) is 4.10. The van der Waals surface area contributed by atoms with Gasteiger partial charge < -0.3 is 11.1 Å². The van der Waals surface area contributed by atoms with Gasteiger partial charge in [0, 0.05) is 15.8 Å². The van der Waals surface area contributed by atoms with Gasteiger partial charge in [0.15, 0.2) is 0 Å². The van der Waals surface area contributed by atoms with Gasteiger partial charge >= 0.3 is 0 Å². The molecule has 0 atom stereocenters. The molecule has 0 aliphatic carbocycles. The number of amides is 1. The Morgan fingerprint density at radius 1 is 1.21 bits per heavy atom. The number of rotatable bonds is 3. The highest BCUT2D eigenvalue weighted by Gasteiger charge is 2.05. The van der Waals surface area contributed by atoms with Crippen LogP contribution in [-0.4, -0.2) is 5.91 Å². The molecule has 0 radical (unpaired) electrons. The molecule has 2 rings (SSSR count). The van der Waals surface area contributed by atoms with E-state index in [2.05, 4.69) is 21.2 Å². The van der Waals surface area contributed by atoms with Crippen LogP contribution in [0.2, 0.25) is 5.02 Å². The van der Waals surface area contributed by atoms with Crippen LogP contribution in [0, 0.1) is 0 Å². The van der Waals surface area contributed by atoms with Crippen LogP contribution in [0.25, 0.3) is 0 Å². The van der Waals surface area contributed by atoms with Gasteiger partial charge in [-0.1, -0.05) is 23.7 Å². The maximum Gasteiger partial charge on any atom is 0.228 e. The zero-order valence-corrected chi connectivity index (χ0v) is 12.3. The summed E-state index contributed by atoms with van der Waals surface area (Å²) in [5.41, 5.74) is 7.86. The van der Waals surface area contributed by atoms with Crippen molar-refractivity contribution in [1.82, 2.24) is 0 Å². The van der Waals surface area contributed by atoms with Crippen molar-refractivity contribution in [1.29, 1.82) is 0 Å². The number of halogens is 2. The van der Waals surface area contributed by atoms with Crippen LogP contribution in [-0.2, 0) is 11.2 Å². The highest BCUT2D eigenvalue weighted by atomic mass is 79.9. The lowest BCUT2D eigenvalue weighted by Gasteiger charge is -2.06. The summed E-state index contributed by atoms with van der Waals surface area (Å²) in [6.07, 6.45) is 0.300. The summed E-state index contributed by atoms with van der Waals surface area (Å²) in [6, 6.07) is 12.5. The summed E-state index contributed by atoms with van der Waals surface area (Å²) < 4.78 is 0.797. The van der Waals surface area contributed by atoms with Crippen LogP contribution in [0.5, 0.6) is 0 Å². The van der Waals surface area contributed by atoms with Crippen molar-refractivity contribution in [2.75, 3.05) is 11.1 Å². The Bertz CT molecular complexity index is 599. The van der Waals surface area contributed by atoms with E-state index in [9.17, 15) is 4.79 Å². The summed E-state index contributed by atoms with van der Waals surface area (Å²) in [6.45, 7) is 0. The van der Waals surface area contributed by atoms with Gasteiger partial charge in [0.05, 0.1) is 11.4 Å². The molecular weight excluding hydrogens is 328 g/mol. The fourth-order valence-corrected chi connectivity index (χ4v) is 2.03. The highest BCUT2D eigenvalue weighted by Crippen LogP contribution is 2.25. The molecule has 0 aliphatic heterocycles. The highest BCUT2D eigenvalue weighted by molar-refractivity contribution is 9.10. The summed E-state index contributed by atoms with van der Waals surface area (Å²) in [5, 5.41) is 3.36. The third-order valence-corrected chi connectivity index (χ3v) is 3.78. The van der Waals surface area contributed by atoms with Gasteiger partial charge in [0.25, 0.3) is 0 Å². The molecule has 0 unspecified atom stereocenters. The molecule has 0 spiro atoms. The van der Waals surface area contributed by atoms with Crippen LogP contribution >= 0.6 is 27.5 Å². The number of nitrogens with one attached hydrogen (secondary N) is 1. The lowest BCUT2D eigenvalue weighted by atomic mass is 10.1. The van der Waals surface area contributed by atoms with E-state index in [0.29, 0.717) is 22.8 Å². The predicted molar refractivity (Wildman–Crippen MR) is 82.3 cm³/mol. The molecule has 0 aliphatic rings. The zero-order chi connectivity index (χ0) is 13.8. The van der Waals surface area contributed by atoms with Crippen molar-refractivity contribution in [3.8, 4) is 0 Å². The van der Waals surface area contributed by atoms with Crippen molar-refractivity contribution in [3.05, 3.63) is 57.5 Å². The van der Waals surface area contributed by atoms with Crippen LogP contribution in [0.15, 0.2) is 46.9 Å². The number of hydrogen-bond acceptors (Lipinski definition) is 2. The van der Waals surface area contributed by atoms with Crippen molar-refractivity contribution >= 4 is 44.8 Å². The number of benzene rings is 2. The Balaban J connectivity index is 2.01. The fourth-order valence-electron chi connectivity index (χ4n) is 1.60. The number of anilines is 2. The van der Waals surface area contributed by atoms with Crippen LogP contribution in [0.1, 0.15) is 5.56 Å². The molecule has 2 aromatic rings. The smallest absolute Gasteiger partial charge is 0.228 e. The maximum atomic E-state index is 11.9. The molecule has 98 valence electrons. The lowest BCUT2D eigenvalue weighted by Crippen LogP contribution is -2.14. The van der Waals surface area contributed by atoms with Crippen molar-refractivity contribution in [2.45, 2.75) is 6.42 Å². The minimum absolute atomic E-state index is 0.0943. The number of carbonyl (C=O) groups excluding carboxylic acids is 1. The topological polar surface area (TPSA) is 55.1 Å². The standard InChI is InChI=1S/C14H12BrClN2O/c15-12-6-5-11(8-13(12)16)18-14(19)7-9-1-3-10(17)4-2-9/h1-6,8H,7,17H2,(H,18,19). The molecular formula is C14H12BrClN2O. The van der Waals surface area contributed by atoms with Gasteiger partial charge in [-0.25, -0.2) is 0 Å². The first-order valence-corrected chi connectivity index (χ1v) is 6.81. The molecule has 0 saturated carbocycles. The molecule has 5 heteroatoms. The van der Waals surface area contributed by atoms with Crippen LogP contribution in [0.4, 0.5) is 11.4 Å². The van der Waals surface area contributed by atoms with E-state index in [1.54, 1.807) is 30.3 Å². The summed E-state index contributed by atoms with van der Waals surface area (Å²) in [4.78, 5) is 11.9. The minimum Gasteiger partial charge on any atom is -0.399 e. The second-order valence-corrected chi connectivity index (χ2v) is 5.36. The first-order chi connectivity index (χ1) is 9.04. The normalized spacial score (nSPS) is 10.2. The van der Waals surface area contributed by atoms with Gasteiger partial charge in [-0.3, -0.25) is 4.79 Å². The number of hydrogen-bond donors (Lipinski definition) is 2. The van der Waals surface area contributed by atoms with Crippen LogP contribution < -0.4 is 11.1 Å². The van der Waals surface area contributed by atoms with E-state index < -0.39 is 0 Å². The Morgan fingerprint density at radius 3 is 2.53 bits per heavy atom. The van der Waals surface area contributed by atoms with Gasteiger partial charge in [0.1, 0.15) is 0 Å². The Hall–Kier alpha value is -1.52. The molecule has 3 N–H and O–H groups in total. The van der Waals surface area contributed by atoms with Gasteiger partial charge in [-0.05, 0) is 51.8 Å². The second kappa shape index (κ2) is 6.08. The van der Waals surface area contributed by atoms with Crippen LogP contribution in [0.3, 0.4) is 0 Å². The average molecular weight is 340 g/mol. The zero-order valence-electron chi connectivity index (χ0n) is 9.99. The maximum absolute atomic E-state index is 11.9. The Labute approximate surface area is 124 Å². The Kier molecular flexibility index (Phi) is 4.45. The molecule has 2 aromatic carbocycles. The summed E-state index contributed by atoms with van der Waals surface area (Å²) in [5.74, 6) is -0.0943. The molecule has 0 heterocycles. The van der Waals surface area contributed by atoms with Gasteiger partial charge in [-0.15, -0.1) is 0 Å².